The van der Waals surface area contributed by atoms with Gasteiger partial charge in [0.25, 0.3) is 5.91 Å². The molecular formula is C11H11N3O. The highest BCUT2D eigenvalue weighted by Crippen LogP contribution is 2.16. The first-order valence-electron chi connectivity index (χ1n) is 4.51. The van der Waals surface area contributed by atoms with Gasteiger partial charge in [0.05, 0.1) is 11.3 Å². The monoisotopic (exact) mass is 201 g/mol. The van der Waals surface area contributed by atoms with E-state index >= 15 is 0 Å². The normalized spacial score (nSPS) is 10.1. The van der Waals surface area contributed by atoms with Gasteiger partial charge in [-0.05, 0) is 12.1 Å². The second-order valence-electron chi connectivity index (χ2n) is 3.23. The molecule has 4 N–H and O–H groups in total. The molecule has 0 spiro atoms. The summed E-state index contributed by atoms with van der Waals surface area (Å²) in [6, 6.07) is 9.59. The van der Waals surface area contributed by atoms with Crippen LogP contribution < -0.4 is 11.5 Å². The van der Waals surface area contributed by atoms with E-state index < -0.39 is 5.91 Å². The van der Waals surface area contributed by atoms with Gasteiger partial charge in [-0.25, -0.2) is 0 Å². The molecule has 4 heteroatoms. The van der Waals surface area contributed by atoms with Gasteiger partial charge in [-0.1, -0.05) is 18.2 Å². The first-order valence-corrected chi connectivity index (χ1v) is 4.51. The van der Waals surface area contributed by atoms with E-state index in [0.717, 1.165) is 5.69 Å². The smallest absolute Gasteiger partial charge is 0.252 e. The fraction of sp³-hybridized carbons (Fsp3) is 0. The predicted molar refractivity (Wildman–Crippen MR) is 58.7 cm³/mol. The van der Waals surface area contributed by atoms with Crippen LogP contribution in [0.2, 0.25) is 0 Å². The number of hydrogen-bond acceptors (Lipinski definition) is 2. The fourth-order valence-corrected chi connectivity index (χ4v) is 1.43. The number of nitrogens with zero attached hydrogens (tertiary/aromatic N) is 1. The van der Waals surface area contributed by atoms with Gasteiger partial charge in [0, 0.05) is 18.1 Å². The van der Waals surface area contributed by atoms with Crippen molar-refractivity contribution in [2.75, 3.05) is 5.73 Å². The molecule has 0 saturated heterocycles. The molecule has 0 fully saturated rings. The molecule has 0 radical (unpaired) electrons. The Balaban J connectivity index is 2.48. The number of primary amides is 1. The van der Waals surface area contributed by atoms with Crippen LogP contribution in [0.1, 0.15) is 10.4 Å². The molecule has 1 amide bonds. The number of carbonyl (C=O) groups is 1. The molecule has 0 atom stereocenters. The van der Waals surface area contributed by atoms with Crippen molar-refractivity contribution in [1.29, 1.82) is 0 Å². The van der Waals surface area contributed by atoms with Gasteiger partial charge in [-0.2, -0.15) is 0 Å². The number of rotatable bonds is 2. The Labute approximate surface area is 87.1 Å². The number of carbonyl (C=O) groups excluding carboxylic acids is 1. The molecule has 76 valence electrons. The van der Waals surface area contributed by atoms with Crippen LogP contribution >= 0.6 is 0 Å². The number of anilines is 1. The van der Waals surface area contributed by atoms with Gasteiger partial charge in [-0.15, -0.1) is 0 Å². The topological polar surface area (TPSA) is 74.0 Å². The van der Waals surface area contributed by atoms with Crippen molar-refractivity contribution >= 4 is 11.6 Å². The van der Waals surface area contributed by atoms with E-state index in [-0.39, 0.29) is 0 Å². The molecule has 4 nitrogen and oxygen atoms in total. The summed E-state index contributed by atoms with van der Waals surface area (Å²) >= 11 is 0. The molecular weight excluding hydrogens is 190 g/mol. The number of aromatic nitrogens is 1. The average Bonchev–Trinajstić information content (AvgIpc) is 2.62. The van der Waals surface area contributed by atoms with Gasteiger partial charge in [0.1, 0.15) is 0 Å². The number of hydrogen-bond donors (Lipinski definition) is 2. The zero-order valence-electron chi connectivity index (χ0n) is 8.05. The van der Waals surface area contributed by atoms with Crippen LogP contribution in [0.5, 0.6) is 0 Å². The zero-order chi connectivity index (χ0) is 10.8. The lowest BCUT2D eigenvalue weighted by Gasteiger charge is -2.00. The summed E-state index contributed by atoms with van der Waals surface area (Å²) in [5, 5.41) is 0. The predicted octanol–water partition coefficient (Wildman–Crippen LogP) is 1.16. The van der Waals surface area contributed by atoms with Crippen LogP contribution in [0.4, 0.5) is 5.69 Å². The molecule has 15 heavy (non-hydrogen) atoms. The highest BCUT2D eigenvalue weighted by atomic mass is 16.1. The number of benzene rings is 1. The lowest BCUT2D eigenvalue weighted by Crippen LogP contribution is -2.11. The Bertz CT molecular complexity index is 488. The Kier molecular flexibility index (Phi) is 2.17. The molecule has 0 aliphatic rings. The van der Waals surface area contributed by atoms with E-state index in [2.05, 4.69) is 0 Å². The summed E-state index contributed by atoms with van der Waals surface area (Å²) in [4.78, 5) is 11.0. The molecule has 1 aromatic heterocycles. The molecule has 0 saturated carbocycles. The van der Waals surface area contributed by atoms with Gasteiger partial charge < -0.3 is 16.0 Å². The lowest BCUT2D eigenvalue weighted by molar-refractivity contribution is 0.100. The van der Waals surface area contributed by atoms with E-state index in [4.69, 9.17) is 11.5 Å². The van der Waals surface area contributed by atoms with Gasteiger partial charge >= 0.3 is 0 Å². The van der Waals surface area contributed by atoms with E-state index in [0.29, 0.717) is 11.3 Å². The maximum absolute atomic E-state index is 11.0. The zero-order valence-corrected chi connectivity index (χ0v) is 8.05. The van der Waals surface area contributed by atoms with Crippen LogP contribution in [0.25, 0.3) is 5.69 Å². The van der Waals surface area contributed by atoms with E-state index in [1.165, 1.54) is 0 Å². The molecule has 0 aliphatic heterocycles. The molecule has 1 heterocycles. The van der Waals surface area contributed by atoms with E-state index in [1.807, 2.05) is 30.3 Å². The number of nitrogen functional groups attached to an aromatic ring is 1. The van der Waals surface area contributed by atoms with Crippen LogP contribution in [0.3, 0.4) is 0 Å². The Morgan fingerprint density at radius 3 is 2.33 bits per heavy atom. The van der Waals surface area contributed by atoms with Crippen LogP contribution in [-0.4, -0.2) is 10.5 Å². The molecule has 0 unspecified atom stereocenters. The van der Waals surface area contributed by atoms with Crippen LogP contribution in [-0.2, 0) is 0 Å². The summed E-state index contributed by atoms with van der Waals surface area (Å²) in [6.45, 7) is 0. The van der Waals surface area contributed by atoms with Crippen molar-refractivity contribution in [1.82, 2.24) is 4.57 Å². The standard InChI is InChI=1S/C11H11N3O/c12-10-7-14(6-9(10)11(13)15)8-4-2-1-3-5-8/h1-7H,12H2,(H2,13,15). The summed E-state index contributed by atoms with van der Waals surface area (Å²) in [5.41, 5.74) is 12.5. The van der Waals surface area contributed by atoms with Gasteiger partial charge in [-0.3, -0.25) is 4.79 Å². The highest BCUT2D eigenvalue weighted by Gasteiger charge is 2.09. The summed E-state index contributed by atoms with van der Waals surface area (Å²) in [6.07, 6.45) is 3.31. The Morgan fingerprint density at radius 2 is 1.80 bits per heavy atom. The molecule has 0 bridgehead atoms. The summed E-state index contributed by atoms with van der Waals surface area (Å²) in [7, 11) is 0. The number of amides is 1. The van der Waals surface area contributed by atoms with E-state index in [9.17, 15) is 4.79 Å². The van der Waals surface area contributed by atoms with E-state index in [1.54, 1.807) is 17.0 Å². The molecule has 2 rings (SSSR count). The third-order valence-electron chi connectivity index (χ3n) is 2.18. The maximum Gasteiger partial charge on any atom is 0.252 e. The molecule has 2 aromatic rings. The Morgan fingerprint density at radius 1 is 1.13 bits per heavy atom. The molecule has 1 aromatic carbocycles. The van der Waals surface area contributed by atoms with Crippen molar-refractivity contribution in [3.63, 3.8) is 0 Å². The van der Waals surface area contributed by atoms with Crippen molar-refractivity contribution in [2.24, 2.45) is 5.73 Å². The Hall–Kier alpha value is -2.23. The van der Waals surface area contributed by atoms with Crippen molar-refractivity contribution in [2.45, 2.75) is 0 Å². The number of nitrogens with two attached hydrogens (primary N) is 2. The number of para-hydroxylation sites is 1. The largest absolute Gasteiger partial charge is 0.397 e. The minimum Gasteiger partial charge on any atom is -0.397 e. The second-order valence-corrected chi connectivity index (χ2v) is 3.23. The minimum absolute atomic E-state index is 0.346. The molecule has 0 aliphatic carbocycles. The fourth-order valence-electron chi connectivity index (χ4n) is 1.43. The van der Waals surface area contributed by atoms with Gasteiger partial charge in [0.2, 0.25) is 0 Å². The third kappa shape index (κ3) is 1.69. The summed E-state index contributed by atoms with van der Waals surface area (Å²) < 4.78 is 1.77. The first kappa shape index (κ1) is 9.33. The minimum atomic E-state index is -0.512. The van der Waals surface area contributed by atoms with Crippen molar-refractivity contribution in [3.8, 4) is 5.69 Å². The SMILES string of the molecule is NC(=O)c1cn(-c2ccccc2)cc1N. The first-order chi connectivity index (χ1) is 7.18. The highest BCUT2D eigenvalue weighted by molar-refractivity contribution is 5.98. The second kappa shape index (κ2) is 3.49. The van der Waals surface area contributed by atoms with Gasteiger partial charge in [0.15, 0.2) is 0 Å². The maximum atomic E-state index is 11.0. The van der Waals surface area contributed by atoms with Crippen molar-refractivity contribution < 1.29 is 4.79 Å². The average molecular weight is 201 g/mol. The van der Waals surface area contributed by atoms with Crippen LogP contribution in [0, 0.1) is 0 Å². The lowest BCUT2D eigenvalue weighted by atomic mass is 10.3. The summed E-state index contributed by atoms with van der Waals surface area (Å²) in [5.74, 6) is -0.512. The van der Waals surface area contributed by atoms with Crippen LogP contribution in [0.15, 0.2) is 42.7 Å². The quantitative estimate of drug-likeness (QED) is 0.765. The third-order valence-corrected chi connectivity index (χ3v) is 2.18. The van der Waals surface area contributed by atoms with Crippen molar-refractivity contribution in [3.05, 3.63) is 48.3 Å².